The Morgan fingerprint density at radius 3 is 2.63 bits per heavy atom. The fourth-order valence-electron chi connectivity index (χ4n) is 2.20. The lowest BCUT2D eigenvalue weighted by molar-refractivity contribution is -0.140. The summed E-state index contributed by atoms with van der Waals surface area (Å²) >= 11 is 0. The maximum absolute atomic E-state index is 12.2. The summed E-state index contributed by atoms with van der Waals surface area (Å²) in [5.41, 5.74) is 0.784. The van der Waals surface area contributed by atoms with Crippen LogP contribution < -0.4 is 4.74 Å². The van der Waals surface area contributed by atoms with Crippen LogP contribution in [0.1, 0.15) is 12.8 Å². The summed E-state index contributed by atoms with van der Waals surface area (Å²) in [6.07, 6.45) is 1.15. The van der Waals surface area contributed by atoms with E-state index in [0.717, 1.165) is 10.5 Å². The van der Waals surface area contributed by atoms with E-state index in [1.54, 1.807) is 31.4 Å². The van der Waals surface area contributed by atoms with Crippen molar-refractivity contribution in [2.45, 2.75) is 13.5 Å². The molecule has 0 atom stereocenters. The van der Waals surface area contributed by atoms with Crippen LogP contribution in [0.5, 0.6) is 5.75 Å². The van der Waals surface area contributed by atoms with Crippen molar-refractivity contribution in [1.82, 2.24) is 14.4 Å². The van der Waals surface area contributed by atoms with Crippen LogP contribution in [0.15, 0.2) is 45.0 Å². The van der Waals surface area contributed by atoms with E-state index in [9.17, 15) is 13.2 Å². The van der Waals surface area contributed by atoms with Crippen LogP contribution in [-0.4, -0.2) is 48.7 Å². The monoisotopic (exact) mass is 392 g/mol. The van der Waals surface area contributed by atoms with Gasteiger partial charge in [-0.2, -0.15) is 13.4 Å². The minimum absolute atomic E-state index is 0.0298. The number of carbonyl (C=O) groups excluding carboxylic acids is 1. The molecule has 0 spiro atoms. The van der Waals surface area contributed by atoms with Crippen LogP contribution >= 0.6 is 0 Å². The molecule has 2 aromatic rings. The topological polar surface area (TPSA) is 124 Å². The van der Waals surface area contributed by atoms with Gasteiger partial charge in [0.1, 0.15) is 5.75 Å². The number of aromatic nitrogens is 2. The van der Waals surface area contributed by atoms with Crippen molar-refractivity contribution in [2.75, 3.05) is 14.2 Å². The number of esters is 1. The van der Waals surface area contributed by atoms with E-state index in [2.05, 4.69) is 14.5 Å². The van der Waals surface area contributed by atoms with Crippen LogP contribution in [0, 0.1) is 0 Å². The van der Waals surface area contributed by atoms with Crippen LogP contribution in [0.3, 0.4) is 0 Å². The van der Waals surface area contributed by atoms with Crippen molar-refractivity contribution >= 4 is 21.9 Å². The molecule has 1 aromatic carbocycles. The molecule has 0 bridgehead atoms. The largest absolute Gasteiger partial charge is 0.497 e. The lowest BCUT2D eigenvalue weighted by atomic mass is 10.2. The Morgan fingerprint density at radius 2 is 1.96 bits per heavy atom. The molecule has 1 aromatic heterocycles. The van der Waals surface area contributed by atoms with Gasteiger partial charge in [0.2, 0.25) is 5.82 Å². The summed E-state index contributed by atoms with van der Waals surface area (Å²) in [5, 5.41) is 3.83. The molecular weight excluding hydrogens is 376 g/mol. The second-order valence-corrected chi connectivity index (χ2v) is 7.18. The quantitative estimate of drug-likeness (QED) is 0.698. The minimum Gasteiger partial charge on any atom is -0.497 e. The number of rotatable bonds is 5. The Kier molecular flexibility index (Phi) is 4.95. The van der Waals surface area contributed by atoms with Crippen molar-refractivity contribution in [3.63, 3.8) is 0 Å². The van der Waals surface area contributed by atoms with Gasteiger partial charge in [-0.05, 0) is 31.2 Å². The Morgan fingerprint density at radius 1 is 1.26 bits per heavy atom. The number of nitrogens with zero attached hydrogens (tertiary/aromatic N) is 4. The third-order valence-corrected chi connectivity index (χ3v) is 5.02. The molecule has 0 saturated carbocycles. The second-order valence-electron chi connectivity index (χ2n) is 5.53. The van der Waals surface area contributed by atoms with Crippen molar-refractivity contribution in [3.8, 4) is 17.1 Å². The standard InChI is InChI=1S/C16H16N4O6S/c1-10-13(8-20(2)27(22,23)19-10)16(21)25-9-14-17-15(18-26-14)11-4-6-12(24-3)7-5-11/h4-8H,9H2,1-3H3. The molecule has 0 aliphatic carbocycles. The molecule has 3 rings (SSSR count). The highest BCUT2D eigenvalue weighted by Crippen LogP contribution is 2.20. The zero-order valence-electron chi connectivity index (χ0n) is 14.7. The number of carbonyl (C=O) groups is 1. The number of benzene rings is 1. The van der Waals surface area contributed by atoms with Gasteiger partial charge in [0.05, 0.1) is 18.4 Å². The van der Waals surface area contributed by atoms with E-state index in [0.29, 0.717) is 17.1 Å². The average Bonchev–Trinajstić information content (AvgIpc) is 3.11. The highest BCUT2D eigenvalue weighted by atomic mass is 32.2. The first-order valence-electron chi connectivity index (χ1n) is 7.71. The molecule has 0 saturated heterocycles. The molecule has 0 fully saturated rings. The Bertz CT molecular complexity index is 1020. The fraction of sp³-hybridized carbons (Fsp3) is 0.250. The maximum atomic E-state index is 12.2. The predicted molar refractivity (Wildman–Crippen MR) is 94.0 cm³/mol. The lowest BCUT2D eigenvalue weighted by Gasteiger charge is -2.18. The number of hydrogen-bond donors (Lipinski definition) is 0. The third-order valence-electron chi connectivity index (χ3n) is 3.68. The molecule has 1 aliphatic heterocycles. The molecule has 11 heteroatoms. The Balaban J connectivity index is 1.66. The van der Waals surface area contributed by atoms with E-state index in [4.69, 9.17) is 14.0 Å². The zero-order valence-corrected chi connectivity index (χ0v) is 15.6. The summed E-state index contributed by atoms with van der Waals surface area (Å²) in [5.74, 6) is 0.383. The van der Waals surface area contributed by atoms with Gasteiger partial charge in [-0.1, -0.05) is 5.16 Å². The van der Waals surface area contributed by atoms with Crippen LogP contribution in [0.4, 0.5) is 0 Å². The van der Waals surface area contributed by atoms with Gasteiger partial charge in [0, 0.05) is 18.8 Å². The molecule has 2 heterocycles. The molecule has 0 radical (unpaired) electrons. The molecule has 142 valence electrons. The first kappa shape index (κ1) is 18.6. The van der Waals surface area contributed by atoms with Crippen LogP contribution in [0.2, 0.25) is 0 Å². The zero-order chi connectivity index (χ0) is 19.6. The fourth-order valence-corrected chi connectivity index (χ4v) is 3.02. The minimum atomic E-state index is -3.79. The van der Waals surface area contributed by atoms with E-state index < -0.39 is 16.2 Å². The van der Waals surface area contributed by atoms with Gasteiger partial charge in [-0.15, -0.1) is 4.40 Å². The smallest absolute Gasteiger partial charge is 0.344 e. The second kappa shape index (κ2) is 7.19. The van der Waals surface area contributed by atoms with Crippen molar-refractivity contribution in [3.05, 3.63) is 41.9 Å². The summed E-state index contributed by atoms with van der Waals surface area (Å²) in [4.78, 5) is 16.3. The number of hydrogen-bond acceptors (Lipinski definition) is 8. The van der Waals surface area contributed by atoms with Gasteiger partial charge >= 0.3 is 16.2 Å². The molecule has 10 nitrogen and oxygen atoms in total. The summed E-state index contributed by atoms with van der Waals surface area (Å²) in [6, 6.07) is 7.05. The van der Waals surface area contributed by atoms with Gasteiger partial charge in [0.25, 0.3) is 5.89 Å². The van der Waals surface area contributed by atoms with Crippen LogP contribution in [-0.2, 0) is 26.3 Å². The molecule has 1 aliphatic rings. The summed E-state index contributed by atoms with van der Waals surface area (Å²) in [6.45, 7) is 1.15. The van der Waals surface area contributed by atoms with E-state index in [-0.39, 0.29) is 23.8 Å². The Hall–Kier alpha value is -3.21. The molecule has 0 amide bonds. The van der Waals surface area contributed by atoms with Crippen LogP contribution in [0.25, 0.3) is 11.4 Å². The highest BCUT2D eigenvalue weighted by molar-refractivity contribution is 7.88. The first-order chi connectivity index (χ1) is 12.8. The number of ether oxygens (including phenoxy) is 2. The molecule has 0 N–H and O–H groups in total. The van der Waals surface area contributed by atoms with Crippen molar-refractivity contribution in [2.24, 2.45) is 4.40 Å². The van der Waals surface area contributed by atoms with E-state index in [1.807, 2.05) is 0 Å². The van der Waals surface area contributed by atoms with Crippen molar-refractivity contribution < 1.29 is 27.2 Å². The molecule has 0 unspecified atom stereocenters. The van der Waals surface area contributed by atoms with Crippen molar-refractivity contribution in [1.29, 1.82) is 0 Å². The van der Waals surface area contributed by atoms with Gasteiger partial charge in [-0.25, -0.2) is 4.79 Å². The highest BCUT2D eigenvalue weighted by Gasteiger charge is 2.26. The lowest BCUT2D eigenvalue weighted by Crippen LogP contribution is -2.29. The first-order valence-corrected chi connectivity index (χ1v) is 9.10. The van der Waals surface area contributed by atoms with E-state index >= 15 is 0 Å². The van der Waals surface area contributed by atoms with E-state index in [1.165, 1.54) is 14.0 Å². The summed E-state index contributed by atoms with van der Waals surface area (Å²) in [7, 11) is -0.947. The average molecular weight is 392 g/mol. The third kappa shape index (κ3) is 3.97. The van der Waals surface area contributed by atoms with Gasteiger partial charge in [-0.3, -0.25) is 4.31 Å². The number of methoxy groups -OCH3 is 1. The van der Waals surface area contributed by atoms with Gasteiger partial charge in [0.15, 0.2) is 6.61 Å². The molecular formula is C16H16N4O6S. The SMILES string of the molecule is COc1ccc(-c2noc(COC(=O)C3=CN(C)S(=O)(=O)N=C3C)n2)cc1. The normalized spacial score (nSPS) is 15.7. The van der Waals surface area contributed by atoms with Gasteiger partial charge < -0.3 is 14.0 Å². The Labute approximate surface area is 155 Å². The molecule has 27 heavy (non-hydrogen) atoms. The summed E-state index contributed by atoms with van der Waals surface area (Å²) < 4.78 is 42.8. The maximum Gasteiger partial charge on any atom is 0.344 e. The predicted octanol–water partition coefficient (Wildman–Crippen LogP) is 1.32.